The van der Waals surface area contributed by atoms with Gasteiger partial charge in [0.2, 0.25) is 17.8 Å². The van der Waals surface area contributed by atoms with Gasteiger partial charge in [0.25, 0.3) is 0 Å². The van der Waals surface area contributed by atoms with E-state index < -0.39 is 0 Å². The molecule has 0 unspecified atom stereocenters. The van der Waals surface area contributed by atoms with Crippen molar-refractivity contribution in [3.05, 3.63) is 28.8 Å². The molecule has 0 amide bonds. The van der Waals surface area contributed by atoms with Gasteiger partial charge in [0.05, 0.1) is 0 Å². The van der Waals surface area contributed by atoms with Gasteiger partial charge < -0.3 is 15.5 Å². The molecule has 2 rings (SSSR count). The summed E-state index contributed by atoms with van der Waals surface area (Å²) in [7, 11) is 3.77. The predicted octanol–water partition coefficient (Wildman–Crippen LogP) is 3.07. The van der Waals surface area contributed by atoms with Crippen LogP contribution in [0.25, 0.3) is 0 Å². The van der Waals surface area contributed by atoms with Crippen molar-refractivity contribution in [3.8, 4) is 0 Å². The summed E-state index contributed by atoms with van der Waals surface area (Å²) < 4.78 is 0. The molecular formula is C14H19ClN6. The lowest BCUT2D eigenvalue weighted by Crippen LogP contribution is -2.16. The van der Waals surface area contributed by atoms with Crippen LogP contribution in [-0.2, 0) is 0 Å². The Morgan fingerprint density at radius 3 is 2.48 bits per heavy atom. The van der Waals surface area contributed by atoms with Crippen molar-refractivity contribution in [3.63, 3.8) is 0 Å². The number of rotatable bonds is 5. The summed E-state index contributed by atoms with van der Waals surface area (Å²) in [4.78, 5) is 14.9. The van der Waals surface area contributed by atoms with Crippen LogP contribution in [0.15, 0.2) is 18.2 Å². The molecular weight excluding hydrogens is 288 g/mol. The van der Waals surface area contributed by atoms with Crippen molar-refractivity contribution < 1.29 is 0 Å². The Morgan fingerprint density at radius 2 is 1.86 bits per heavy atom. The Labute approximate surface area is 129 Å². The van der Waals surface area contributed by atoms with Gasteiger partial charge in [-0.1, -0.05) is 17.7 Å². The van der Waals surface area contributed by atoms with Gasteiger partial charge in [-0.3, -0.25) is 0 Å². The first-order chi connectivity index (χ1) is 9.99. The van der Waals surface area contributed by atoms with E-state index >= 15 is 0 Å². The molecule has 0 saturated heterocycles. The fraction of sp³-hybridized carbons (Fsp3) is 0.357. The van der Waals surface area contributed by atoms with E-state index in [2.05, 4.69) is 25.6 Å². The van der Waals surface area contributed by atoms with Crippen LogP contribution in [0.5, 0.6) is 0 Å². The van der Waals surface area contributed by atoms with Gasteiger partial charge in [-0.05, 0) is 31.5 Å². The number of benzene rings is 1. The van der Waals surface area contributed by atoms with Crippen LogP contribution in [0.4, 0.5) is 23.5 Å². The van der Waals surface area contributed by atoms with Gasteiger partial charge in [-0.15, -0.1) is 0 Å². The highest BCUT2D eigenvalue weighted by Gasteiger charge is 2.08. The van der Waals surface area contributed by atoms with E-state index in [4.69, 9.17) is 11.6 Å². The molecule has 0 fully saturated rings. The topological polar surface area (TPSA) is 66.0 Å². The van der Waals surface area contributed by atoms with E-state index in [9.17, 15) is 0 Å². The summed E-state index contributed by atoms with van der Waals surface area (Å²) in [5, 5.41) is 6.95. The average Bonchev–Trinajstić information content (AvgIpc) is 2.43. The molecule has 0 spiro atoms. The molecule has 0 aliphatic heterocycles. The second kappa shape index (κ2) is 6.58. The minimum absolute atomic E-state index is 0.476. The fourth-order valence-electron chi connectivity index (χ4n) is 1.66. The zero-order valence-electron chi connectivity index (χ0n) is 12.6. The molecule has 6 nitrogen and oxygen atoms in total. The van der Waals surface area contributed by atoms with Crippen LogP contribution < -0.4 is 15.5 Å². The lowest BCUT2D eigenvalue weighted by Gasteiger charge is -2.14. The Kier molecular flexibility index (Phi) is 4.80. The molecule has 0 aliphatic rings. The Bertz CT molecular complexity index is 629. The quantitative estimate of drug-likeness (QED) is 0.885. The van der Waals surface area contributed by atoms with E-state index in [1.54, 1.807) is 0 Å². The normalized spacial score (nSPS) is 10.3. The smallest absolute Gasteiger partial charge is 0.233 e. The standard InChI is InChI=1S/C14H19ClN6/c1-5-16-12-18-13(20-14(19-12)21(3)4)17-10-7-6-9(2)11(15)8-10/h6-8H,5H2,1-4H3,(H2,16,17,18,19,20). The second-order valence-corrected chi connectivity index (χ2v) is 5.20. The number of halogens is 1. The third-order valence-electron chi connectivity index (χ3n) is 2.79. The van der Waals surface area contributed by atoms with Gasteiger partial charge in [0, 0.05) is 31.4 Å². The van der Waals surface area contributed by atoms with Crippen molar-refractivity contribution in [2.75, 3.05) is 36.2 Å². The molecule has 2 aromatic rings. The highest BCUT2D eigenvalue weighted by atomic mass is 35.5. The van der Waals surface area contributed by atoms with Crippen LogP contribution in [0.2, 0.25) is 5.02 Å². The van der Waals surface area contributed by atoms with E-state index in [0.29, 0.717) is 22.9 Å². The van der Waals surface area contributed by atoms with Crippen LogP contribution >= 0.6 is 11.6 Å². The summed E-state index contributed by atoms with van der Waals surface area (Å²) in [6, 6.07) is 5.74. The van der Waals surface area contributed by atoms with Crippen molar-refractivity contribution >= 4 is 35.1 Å². The summed E-state index contributed by atoms with van der Waals surface area (Å²) in [5.41, 5.74) is 1.86. The SMILES string of the molecule is CCNc1nc(Nc2ccc(C)c(Cl)c2)nc(N(C)C)n1. The first-order valence-corrected chi connectivity index (χ1v) is 7.08. The Morgan fingerprint density at radius 1 is 1.14 bits per heavy atom. The third kappa shape index (κ3) is 3.95. The summed E-state index contributed by atoms with van der Waals surface area (Å²) >= 11 is 6.13. The first-order valence-electron chi connectivity index (χ1n) is 6.70. The van der Waals surface area contributed by atoms with Crippen molar-refractivity contribution in [2.45, 2.75) is 13.8 Å². The van der Waals surface area contributed by atoms with E-state index in [1.807, 2.05) is 51.0 Å². The van der Waals surface area contributed by atoms with Crippen LogP contribution in [0, 0.1) is 6.92 Å². The summed E-state index contributed by atoms with van der Waals surface area (Å²) in [6.45, 7) is 4.70. The maximum atomic E-state index is 6.13. The number of anilines is 4. The lowest BCUT2D eigenvalue weighted by molar-refractivity contribution is 0.953. The molecule has 2 N–H and O–H groups in total. The molecule has 1 aromatic carbocycles. The first kappa shape index (κ1) is 15.3. The highest BCUT2D eigenvalue weighted by Crippen LogP contribution is 2.22. The molecule has 21 heavy (non-hydrogen) atoms. The Hall–Kier alpha value is -2.08. The van der Waals surface area contributed by atoms with E-state index in [-0.39, 0.29) is 0 Å². The zero-order chi connectivity index (χ0) is 15.4. The number of nitrogens with zero attached hydrogens (tertiary/aromatic N) is 4. The monoisotopic (exact) mass is 306 g/mol. The molecule has 0 aliphatic carbocycles. The summed E-state index contributed by atoms with van der Waals surface area (Å²) in [6.07, 6.45) is 0. The molecule has 0 saturated carbocycles. The van der Waals surface area contributed by atoms with Crippen LogP contribution in [-0.4, -0.2) is 35.6 Å². The maximum Gasteiger partial charge on any atom is 0.233 e. The number of aromatic nitrogens is 3. The Balaban J connectivity index is 2.31. The minimum atomic E-state index is 0.476. The highest BCUT2D eigenvalue weighted by molar-refractivity contribution is 6.31. The molecule has 112 valence electrons. The van der Waals surface area contributed by atoms with Gasteiger partial charge >= 0.3 is 0 Å². The molecule has 7 heteroatoms. The van der Waals surface area contributed by atoms with Gasteiger partial charge in [0.1, 0.15) is 0 Å². The molecule has 1 heterocycles. The number of aryl methyl sites for hydroxylation is 1. The van der Waals surface area contributed by atoms with Gasteiger partial charge in [-0.2, -0.15) is 15.0 Å². The van der Waals surface area contributed by atoms with Crippen molar-refractivity contribution in [1.29, 1.82) is 0 Å². The summed E-state index contributed by atoms with van der Waals surface area (Å²) in [5.74, 6) is 1.60. The number of hydrogen-bond acceptors (Lipinski definition) is 6. The fourth-order valence-corrected chi connectivity index (χ4v) is 1.84. The number of hydrogen-bond donors (Lipinski definition) is 2. The van der Waals surface area contributed by atoms with Crippen molar-refractivity contribution in [1.82, 2.24) is 15.0 Å². The maximum absolute atomic E-state index is 6.13. The number of nitrogens with one attached hydrogen (secondary N) is 2. The zero-order valence-corrected chi connectivity index (χ0v) is 13.4. The van der Waals surface area contributed by atoms with Gasteiger partial charge in [-0.25, -0.2) is 0 Å². The molecule has 0 atom stereocenters. The van der Waals surface area contributed by atoms with Crippen LogP contribution in [0.1, 0.15) is 12.5 Å². The minimum Gasteiger partial charge on any atom is -0.354 e. The van der Waals surface area contributed by atoms with E-state index in [1.165, 1.54) is 0 Å². The van der Waals surface area contributed by atoms with E-state index in [0.717, 1.165) is 17.8 Å². The second-order valence-electron chi connectivity index (χ2n) is 4.80. The molecule has 0 bridgehead atoms. The molecule has 0 radical (unpaired) electrons. The third-order valence-corrected chi connectivity index (χ3v) is 3.19. The van der Waals surface area contributed by atoms with Crippen LogP contribution in [0.3, 0.4) is 0 Å². The van der Waals surface area contributed by atoms with Crippen molar-refractivity contribution in [2.24, 2.45) is 0 Å². The lowest BCUT2D eigenvalue weighted by atomic mass is 10.2. The predicted molar refractivity (Wildman–Crippen MR) is 87.8 cm³/mol. The molecule has 1 aromatic heterocycles. The average molecular weight is 307 g/mol. The van der Waals surface area contributed by atoms with Gasteiger partial charge in [0.15, 0.2) is 0 Å². The largest absolute Gasteiger partial charge is 0.354 e.